The average Bonchev–Trinajstić information content (AvgIpc) is 3.04. The van der Waals surface area contributed by atoms with Gasteiger partial charge in [-0.2, -0.15) is 0 Å². The van der Waals surface area contributed by atoms with E-state index >= 15 is 0 Å². The lowest BCUT2D eigenvalue weighted by Crippen LogP contribution is -2.48. The lowest BCUT2D eigenvalue weighted by Gasteiger charge is -2.29. The van der Waals surface area contributed by atoms with Gasteiger partial charge in [-0.05, 0) is 43.2 Å². The third-order valence-electron chi connectivity index (χ3n) is 5.19. The number of ether oxygens (including phenoxy) is 1. The molecule has 0 aromatic heterocycles. The maximum Gasteiger partial charge on any atom is 0.239 e. The van der Waals surface area contributed by atoms with E-state index in [9.17, 15) is 4.79 Å². The third-order valence-corrected chi connectivity index (χ3v) is 5.19. The van der Waals surface area contributed by atoms with Crippen molar-refractivity contribution < 1.29 is 9.53 Å². The molecule has 1 amide bonds. The summed E-state index contributed by atoms with van der Waals surface area (Å²) in [6.07, 6.45) is 2.85. The zero-order valence-electron chi connectivity index (χ0n) is 13.3. The van der Waals surface area contributed by atoms with Crippen molar-refractivity contribution in [3.05, 3.63) is 35.4 Å². The van der Waals surface area contributed by atoms with Crippen LogP contribution in [0.15, 0.2) is 24.3 Å². The molecule has 0 spiro atoms. The molecule has 0 aliphatic carbocycles. The Bertz CT molecular complexity index is 526. The lowest BCUT2D eigenvalue weighted by atomic mass is 9.91. The summed E-state index contributed by atoms with van der Waals surface area (Å²) < 4.78 is 5.36. The summed E-state index contributed by atoms with van der Waals surface area (Å²) in [4.78, 5) is 14.6. The minimum Gasteiger partial charge on any atom is -0.381 e. The number of nitrogens with zero attached hydrogens (tertiary/aromatic N) is 1. The van der Waals surface area contributed by atoms with Crippen LogP contribution in [0.4, 0.5) is 0 Å². The van der Waals surface area contributed by atoms with E-state index in [0.29, 0.717) is 5.92 Å². The topological polar surface area (TPSA) is 55.6 Å². The highest BCUT2D eigenvalue weighted by Gasteiger charge is 2.34. The number of aryl methyl sites for hydroxylation is 1. The summed E-state index contributed by atoms with van der Waals surface area (Å²) in [7, 11) is 0. The third kappa shape index (κ3) is 3.18. The van der Waals surface area contributed by atoms with Gasteiger partial charge in [-0.25, -0.2) is 0 Å². The lowest BCUT2D eigenvalue weighted by molar-refractivity contribution is -0.133. The molecule has 3 rings (SSSR count). The Morgan fingerprint density at radius 3 is 2.73 bits per heavy atom. The molecular weight excluding hydrogens is 276 g/mol. The summed E-state index contributed by atoms with van der Waals surface area (Å²) in [5.41, 5.74) is 8.93. The van der Waals surface area contributed by atoms with E-state index in [1.54, 1.807) is 0 Å². The van der Waals surface area contributed by atoms with Crippen molar-refractivity contribution in [2.24, 2.45) is 11.7 Å². The highest BCUT2D eigenvalue weighted by molar-refractivity contribution is 5.82. The van der Waals surface area contributed by atoms with Crippen LogP contribution in [-0.4, -0.2) is 43.2 Å². The molecule has 1 aromatic rings. The van der Waals surface area contributed by atoms with E-state index in [1.807, 2.05) is 4.90 Å². The van der Waals surface area contributed by atoms with Crippen LogP contribution in [0.25, 0.3) is 0 Å². The van der Waals surface area contributed by atoms with Gasteiger partial charge in [-0.3, -0.25) is 4.79 Å². The van der Waals surface area contributed by atoms with Gasteiger partial charge in [0.25, 0.3) is 0 Å². The van der Waals surface area contributed by atoms with Crippen molar-refractivity contribution >= 4 is 5.91 Å². The number of nitrogens with two attached hydrogens (primary N) is 1. The van der Waals surface area contributed by atoms with Crippen LogP contribution in [0.1, 0.15) is 36.3 Å². The second-order valence-electron chi connectivity index (χ2n) is 6.60. The Morgan fingerprint density at radius 2 is 2.00 bits per heavy atom. The van der Waals surface area contributed by atoms with Crippen molar-refractivity contribution in [3.8, 4) is 0 Å². The van der Waals surface area contributed by atoms with E-state index in [0.717, 1.165) is 45.6 Å². The summed E-state index contributed by atoms with van der Waals surface area (Å²) in [6.45, 7) is 5.25. The molecule has 0 radical (unpaired) electrons. The highest BCUT2D eigenvalue weighted by atomic mass is 16.5. The molecule has 0 saturated carbocycles. The molecule has 2 saturated heterocycles. The van der Waals surface area contributed by atoms with Crippen LogP contribution in [0.5, 0.6) is 0 Å². The molecule has 2 aliphatic heterocycles. The van der Waals surface area contributed by atoms with Crippen molar-refractivity contribution in [2.75, 3.05) is 26.3 Å². The number of amides is 1. The molecule has 22 heavy (non-hydrogen) atoms. The molecule has 2 heterocycles. The predicted molar refractivity (Wildman–Crippen MR) is 86.6 cm³/mol. The molecule has 2 N–H and O–H groups in total. The maximum absolute atomic E-state index is 12.7. The van der Waals surface area contributed by atoms with Gasteiger partial charge < -0.3 is 15.4 Å². The van der Waals surface area contributed by atoms with E-state index in [-0.39, 0.29) is 17.9 Å². The van der Waals surface area contributed by atoms with Crippen LogP contribution in [0.3, 0.4) is 0 Å². The zero-order chi connectivity index (χ0) is 15.5. The monoisotopic (exact) mass is 302 g/mol. The van der Waals surface area contributed by atoms with Gasteiger partial charge in [0.1, 0.15) is 0 Å². The van der Waals surface area contributed by atoms with Crippen molar-refractivity contribution in [1.29, 1.82) is 0 Å². The fourth-order valence-corrected chi connectivity index (χ4v) is 3.75. The molecule has 2 aliphatic rings. The molecule has 2 atom stereocenters. The van der Waals surface area contributed by atoms with Gasteiger partial charge in [-0.15, -0.1) is 0 Å². The van der Waals surface area contributed by atoms with E-state index in [2.05, 4.69) is 31.2 Å². The number of benzene rings is 1. The van der Waals surface area contributed by atoms with Crippen LogP contribution < -0.4 is 5.73 Å². The fraction of sp³-hybridized carbons (Fsp3) is 0.611. The normalized spacial score (nSPS) is 24.5. The number of likely N-dealkylation sites (tertiary alicyclic amines) is 1. The van der Waals surface area contributed by atoms with Crippen LogP contribution >= 0.6 is 0 Å². The summed E-state index contributed by atoms with van der Waals surface area (Å²) in [5, 5.41) is 0. The SMILES string of the molecule is Cc1ccccc1C1CCN(C(=O)C(N)C2CCOCC2)C1. The number of carbonyl (C=O) groups excluding carboxylic acids is 1. The first kappa shape index (κ1) is 15.5. The fourth-order valence-electron chi connectivity index (χ4n) is 3.75. The number of carbonyl (C=O) groups is 1. The first-order chi connectivity index (χ1) is 10.7. The number of rotatable bonds is 3. The first-order valence-electron chi connectivity index (χ1n) is 8.34. The Hall–Kier alpha value is -1.39. The Balaban J connectivity index is 1.62. The number of hydrogen-bond donors (Lipinski definition) is 1. The summed E-state index contributed by atoms with van der Waals surface area (Å²) in [5.74, 6) is 0.855. The van der Waals surface area contributed by atoms with Gasteiger partial charge in [-0.1, -0.05) is 24.3 Å². The molecule has 4 heteroatoms. The zero-order valence-corrected chi connectivity index (χ0v) is 13.3. The minimum absolute atomic E-state index is 0.128. The maximum atomic E-state index is 12.7. The van der Waals surface area contributed by atoms with E-state index in [4.69, 9.17) is 10.5 Å². The highest BCUT2D eigenvalue weighted by Crippen LogP contribution is 2.30. The Kier molecular flexibility index (Phi) is 4.79. The van der Waals surface area contributed by atoms with Crippen molar-refractivity contribution in [3.63, 3.8) is 0 Å². The summed E-state index contributed by atoms with van der Waals surface area (Å²) >= 11 is 0. The van der Waals surface area contributed by atoms with Crippen LogP contribution in [0.2, 0.25) is 0 Å². The Morgan fingerprint density at radius 1 is 1.27 bits per heavy atom. The van der Waals surface area contributed by atoms with Gasteiger partial charge >= 0.3 is 0 Å². The predicted octanol–water partition coefficient (Wildman–Crippen LogP) is 2.06. The standard InChI is InChI=1S/C18H26N2O2/c1-13-4-2-3-5-16(13)15-6-9-20(12-15)18(21)17(19)14-7-10-22-11-8-14/h2-5,14-15,17H,6-12,19H2,1H3. The smallest absolute Gasteiger partial charge is 0.239 e. The molecule has 1 aromatic carbocycles. The molecule has 120 valence electrons. The first-order valence-corrected chi connectivity index (χ1v) is 8.34. The van der Waals surface area contributed by atoms with Gasteiger partial charge in [0.2, 0.25) is 5.91 Å². The van der Waals surface area contributed by atoms with E-state index < -0.39 is 0 Å². The van der Waals surface area contributed by atoms with Crippen molar-refractivity contribution in [2.45, 2.75) is 38.1 Å². The van der Waals surface area contributed by atoms with Crippen LogP contribution in [-0.2, 0) is 9.53 Å². The summed E-state index contributed by atoms with van der Waals surface area (Å²) in [6, 6.07) is 8.12. The van der Waals surface area contributed by atoms with Gasteiger partial charge in [0, 0.05) is 32.2 Å². The molecular formula is C18H26N2O2. The van der Waals surface area contributed by atoms with Gasteiger partial charge in [0.15, 0.2) is 0 Å². The minimum atomic E-state index is -0.362. The molecule has 2 unspecified atom stereocenters. The molecule has 4 nitrogen and oxygen atoms in total. The van der Waals surface area contributed by atoms with E-state index in [1.165, 1.54) is 11.1 Å². The molecule has 2 fully saturated rings. The van der Waals surface area contributed by atoms with Crippen LogP contribution in [0, 0.1) is 12.8 Å². The number of hydrogen-bond acceptors (Lipinski definition) is 3. The van der Waals surface area contributed by atoms with Gasteiger partial charge in [0.05, 0.1) is 6.04 Å². The second-order valence-corrected chi connectivity index (χ2v) is 6.60. The largest absolute Gasteiger partial charge is 0.381 e. The van der Waals surface area contributed by atoms with Crippen molar-refractivity contribution in [1.82, 2.24) is 4.90 Å². The molecule has 0 bridgehead atoms. The Labute approximate surface area is 132 Å². The second kappa shape index (κ2) is 6.80. The average molecular weight is 302 g/mol. The quantitative estimate of drug-likeness (QED) is 0.930.